The highest BCUT2D eigenvalue weighted by Gasteiger charge is 2.34. The number of aromatic nitrogens is 2. The van der Waals surface area contributed by atoms with Gasteiger partial charge in [-0.2, -0.15) is 5.10 Å². The summed E-state index contributed by atoms with van der Waals surface area (Å²) in [7, 11) is 0. The van der Waals surface area contributed by atoms with Crippen LogP contribution in [-0.2, 0) is 4.79 Å². The molecule has 1 N–H and O–H groups in total. The summed E-state index contributed by atoms with van der Waals surface area (Å²) in [4.78, 5) is 15.4. The third-order valence-corrected chi connectivity index (χ3v) is 8.44. The minimum atomic E-state index is -0.0464. The van der Waals surface area contributed by atoms with Crippen molar-refractivity contribution in [2.24, 2.45) is 5.10 Å². The summed E-state index contributed by atoms with van der Waals surface area (Å²) in [6, 6.07) is 17.9. The van der Waals surface area contributed by atoms with Crippen LogP contribution in [0.4, 0.5) is 10.8 Å². The molecular formula is C21H17N5OS4. The van der Waals surface area contributed by atoms with Crippen LogP contribution in [0.1, 0.15) is 22.2 Å². The van der Waals surface area contributed by atoms with Gasteiger partial charge in [-0.15, -0.1) is 32.9 Å². The van der Waals surface area contributed by atoms with E-state index in [1.165, 1.54) is 23.1 Å². The van der Waals surface area contributed by atoms with Crippen LogP contribution in [0.3, 0.4) is 0 Å². The van der Waals surface area contributed by atoms with Crippen LogP contribution in [0.25, 0.3) is 0 Å². The molecule has 10 heteroatoms. The topological polar surface area (TPSA) is 70.5 Å². The van der Waals surface area contributed by atoms with E-state index in [-0.39, 0.29) is 17.7 Å². The van der Waals surface area contributed by atoms with Crippen LogP contribution in [0.5, 0.6) is 0 Å². The molecule has 31 heavy (non-hydrogen) atoms. The molecule has 0 saturated carbocycles. The molecule has 1 atom stereocenters. The number of carbonyl (C=O) groups excluding carboxylic acids is 1. The zero-order chi connectivity index (χ0) is 21.0. The van der Waals surface area contributed by atoms with Gasteiger partial charge in [-0.05, 0) is 35.0 Å². The van der Waals surface area contributed by atoms with Crippen LogP contribution < -0.4 is 5.32 Å². The molecule has 1 unspecified atom stereocenters. The van der Waals surface area contributed by atoms with E-state index in [1.807, 2.05) is 53.2 Å². The van der Waals surface area contributed by atoms with Crippen molar-refractivity contribution in [2.75, 3.05) is 11.1 Å². The molecule has 0 fully saturated rings. The first-order valence-electron chi connectivity index (χ1n) is 9.51. The second-order valence-corrected chi connectivity index (χ2v) is 10.8. The third kappa shape index (κ3) is 4.72. The van der Waals surface area contributed by atoms with Gasteiger partial charge >= 0.3 is 0 Å². The first-order valence-corrected chi connectivity index (χ1v) is 13.1. The quantitative estimate of drug-likeness (QED) is 0.333. The summed E-state index contributed by atoms with van der Waals surface area (Å²) in [6.45, 7) is 0. The van der Waals surface area contributed by atoms with Crippen LogP contribution in [0.15, 0.2) is 74.8 Å². The summed E-state index contributed by atoms with van der Waals surface area (Å²) in [6.07, 6.45) is 0.737. The Kier molecular flexibility index (Phi) is 6.12. The number of carbonyl (C=O) groups is 1. The largest absolute Gasteiger partial charge is 0.330 e. The van der Waals surface area contributed by atoms with Crippen molar-refractivity contribution in [1.29, 1.82) is 0 Å². The van der Waals surface area contributed by atoms with Gasteiger partial charge in [0.25, 0.3) is 5.91 Å². The smallest absolute Gasteiger partial charge is 0.253 e. The Morgan fingerprint density at radius 2 is 1.90 bits per heavy atom. The van der Waals surface area contributed by atoms with E-state index in [4.69, 9.17) is 5.10 Å². The SMILES string of the molecule is O=C(CSc1nnc(Nc2ccccc2)s1)N1N=C(c2cccs2)CC1c1cccs1. The maximum Gasteiger partial charge on any atom is 0.253 e. The average Bonchev–Trinajstić information content (AvgIpc) is 3.59. The van der Waals surface area contributed by atoms with E-state index < -0.39 is 0 Å². The van der Waals surface area contributed by atoms with Crippen molar-refractivity contribution in [2.45, 2.75) is 16.8 Å². The number of hydrogen-bond donors (Lipinski definition) is 1. The molecular weight excluding hydrogens is 467 g/mol. The van der Waals surface area contributed by atoms with Gasteiger partial charge in [0.05, 0.1) is 22.4 Å². The minimum Gasteiger partial charge on any atom is -0.330 e. The predicted octanol–water partition coefficient (Wildman–Crippen LogP) is 5.87. The highest BCUT2D eigenvalue weighted by molar-refractivity contribution is 8.01. The predicted molar refractivity (Wildman–Crippen MR) is 130 cm³/mol. The first-order chi connectivity index (χ1) is 15.3. The summed E-state index contributed by atoms with van der Waals surface area (Å²) in [5.41, 5.74) is 1.93. The maximum absolute atomic E-state index is 13.1. The highest BCUT2D eigenvalue weighted by Crippen LogP contribution is 2.37. The lowest BCUT2D eigenvalue weighted by Crippen LogP contribution is -2.28. The normalized spacial score (nSPS) is 15.8. The second kappa shape index (κ2) is 9.31. The van der Waals surface area contributed by atoms with E-state index in [0.29, 0.717) is 5.13 Å². The van der Waals surface area contributed by atoms with E-state index in [0.717, 1.165) is 31.9 Å². The lowest BCUT2D eigenvalue weighted by atomic mass is 10.1. The molecule has 1 aliphatic heterocycles. The Labute approximate surface area is 195 Å². The number of nitrogens with zero attached hydrogens (tertiary/aromatic N) is 4. The molecule has 4 aromatic rings. The molecule has 0 spiro atoms. The van der Waals surface area contributed by atoms with Gasteiger partial charge in [0, 0.05) is 17.0 Å². The monoisotopic (exact) mass is 483 g/mol. The average molecular weight is 484 g/mol. The fraction of sp³-hybridized carbons (Fsp3) is 0.143. The Morgan fingerprint density at radius 1 is 1.06 bits per heavy atom. The summed E-state index contributed by atoms with van der Waals surface area (Å²) in [5.74, 6) is 0.242. The maximum atomic E-state index is 13.1. The number of thioether (sulfide) groups is 1. The summed E-state index contributed by atoms with van der Waals surface area (Å²) >= 11 is 6.14. The molecule has 5 rings (SSSR count). The number of anilines is 2. The number of nitrogens with one attached hydrogen (secondary N) is 1. The van der Waals surface area contributed by atoms with Crippen LogP contribution in [-0.4, -0.2) is 32.6 Å². The van der Waals surface area contributed by atoms with Crippen molar-refractivity contribution in [3.8, 4) is 0 Å². The fourth-order valence-electron chi connectivity index (χ4n) is 3.19. The lowest BCUT2D eigenvalue weighted by Gasteiger charge is -2.20. The molecule has 0 bridgehead atoms. The number of benzene rings is 1. The van der Waals surface area contributed by atoms with Gasteiger partial charge in [-0.25, -0.2) is 5.01 Å². The molecule has 0 aliphatic carbocycles. The number of amides is 1. The Balaban J connectivity index is 1.26. The zero-order valence-electron chi connectivity index (χ0n) is 16.2. The highest BCUT2D eigenvalue weighted by atomic mass is 32.2. The van der Waals surface area contributed by atoms with Crippen molar-refractivity contribution >= 4 is 68.2 Å². The van der Waals surface area contributed by atoms with E-state index in [2.05, 4.69) is 27.6 Å². The molecule has 1 amide bonds. The second-order valence-electron chi connectivity index (χ2n) is 6.65. The number of hydrazone groups is 1. The third-order valence-electron chi connectivity index (χ3n) is 4.59. The summed E-state index contributed by atoms with van der Waals surface area (Å²) < 4.78 is 0.751. The van der Waals surface area contributed by atoms with Gasteiger partial charge in [-0.1, -0.05) is 53.4 Å². The standard InChI is InChI=1S/C21H17N5OS4/c27-19(13-30-21-24-23-20(31-21)22-14-6-2-1-3-7-14)26-16(18-9-5-11-29-18)12-15(25-26)17-8-4-10-28-17/h1-11,16H,12-13H2,(H,22,23). The molecule has 1 aliphatic rings. The lowest BCUT2D eigenvalue weighted by molar-refractivity contribution is -0.130. The molecule has 4 heterocycles. The zero-order valence-corrected chi connectivity index (χ0v) is 19.4. The number of hydrogen-bond acceptors (Lipinski definition) is 9. The molecule has 1 aromatic carbocycles. The van der Waals surface area contributed by atoms with Gasteiger partial charge in [0.2, 0.25) is 5.13 Å². The van der Waals surface area contributed by atoms with Crippen LogP contribution in [0, 0.1) is 0 Å². The Hall–Kier alpha value is -2.53. The van der Waals surface area contributed by atoms with E-state index in [1.54, 1.807) is 27.7 Å². The van der Waals surface area contributed by atoms with Crippen LogP contribution >= 0.6 is 45.8 Å². The Morgan fingerprint density at radius 3 is 2.68 bits per heavy atom. The minimum absolute atomic E-state index is 0.0253. The molecule has 156 valence electrons. The molecule has 3 aromatic heterocycles. The van der Waals surface area contributed by atoms with Gasteiger partial charge in [0.1, 0.15) is 0 Å². The number of thiophene rings is 2. The van der Waals surface area contributed by atoms with Crippen molar-refractivity contribution in [1.82, 2.24) is 15.2 Å². The van der Waals surface area contributed by atoms with Crippen molar-refractivity contribution < 1.29 is 4.79 Å². The van der Waals surface area contributed by atoms with Gasteiger partial charge < -0.3 is 5.32 Å². The molecule has 0 radical (unpaired) electrons. The first kappa shape index (κ1) is 20.4. The fourth-order valence-corrected chi connectivity index (χ4v) is 6.34. The van der Waals surface area contributed by atoms with Crippen LogP contribution in [0.2, 0.25) is 0 Å². The van der Waals surface area contributed by atoms with Gasteiger partial charge in [-0.3, -0.25) is 4.79 Å². The molecule has 0 saturated heterocycles. The van der Waals surface area contributed by atoms with E-state index in [9.17, 15) is 4.79 Å². The van der Waals surface area contributed by atoms with Crippen molar-refractivity contribution in [3.05, 3.63) is 75.1 Å². The van der Waals surface area contributed by atoms with E-state index >= 15 is 0 Å². The number of para-hydroxylation sites is 1. The molecule has 6 nitrogen and oxygen atoms in total. The number of rotatable bonds is 7. The van der Waals surface area contributed by atoms with Crippen molar-refractivity contribution in [3.63, 3.8) is 0 Å². The summed E-state index contributed by atoms with van der Waals surface area (Å²) in [5, 5.41) is 22.7. The van der Waals surface area contributed by atoms with Gasteiger partial charge in [0.15, 0.2) is 4.34 Å². The Bertz CT molecular complexity index is 1170.